The number of rotatable bonds is 4. The van der Waals surface area contributed by atoms with E-state index in [0.29, 0.717) is 0 Å². The number of hydrogen-bond acceptors (Lipinski definition) is 6. The van der Waals surface area contributed by atoms with E-state index in [1.54, 1.807) is 0 Å². The Labute approximate surface area is 326 Å². The molecule has 0 fully saturated rings. The van der Waals surface area contributed by atoms with Crippen LogP contribution in [-0.2, 0) is 0 Å². The minimum absolute atomic E-state index is 0.732. The van der Waals surface area contributed by atoms with Crippen molar-refractivity contribution in [3.8, 4) is 73.7 Å². The summed E-state index contributed by atoms with van der Waals surface area (Å²) in [5.41, 5.74) is 13.0. The summed E-state index contributed by atoms with van der Waals surface area (Å²) in [4.78, 5) is 12.3. The molecule has 0 spiro atoms. The maximum atomic E-state index is 6.62. The van der Waals surface area contributed by atoms with Gasteiger partial charge in [0.25, 0.3) is 0 Å². The van der Waals surface area contributed by atoms with E-state index in [1.165, 1.54) is 11.1 Å². The molecular weight excluding hydrogens is 705 g/mol. The van der Waals surface area contributed by atoms with Gasteiger partial charge in [-0.2, -0.15) is 0 Å². The first-order valence-electron chi connectivity index (χ1n) is 19.0. The summed E-state index contributed by atoms with van der Waals surface area (Å²) < 4.78 is 21.8. The summed E-state index contributed by atoms with van der Waals surface area (Å²) in [7, 11) is 0. The minimum Gasteiger partial charge on any atom is -0.453 e. The van der Waals surface area contributed by atoms with Crippen molar-refractivity contribution >= 4 is 49.9 Å². The third-order valence-corrected chi connectivity index (χ3v) is 11.4. The largest absolute Gasteiger partial charge is 0.453 e. The van der Waals surface area contributed by atoms with E-state index in [-0.39, 0.29) is 0 Å². The lowest BCUT2D eigenvalue weighted by atomic mass is 9.98. The summed E-state index contributed by atoms with van der Waals surface area (Å²) in [6.45, 7) is 0. The molecule has 7 heteroatoms. The van der Waals surface area contributed by atoms with Crippen LogP contribution in [0.3, 0.4) is 0 Å². The minimum atomic E-state index is 0.732. The zero-order valence-corrected chi connectivity index (χ0v) is 30.2. The molecule has 266 valence electrons. The fraction of sp³-hybridized carbons (Fsp3) is 0. The SMILES string of the molecule is c1ccc(-c2ccc(-c3cc(-n4c5ccccc5c5cc(-c6cc7c8c(c6)Oc6cccc9c6N8c6c(cccc6O7)O9)ccc54)nc4cccnc34)cc2)cc1. The highest BCUT2D eigenvalue weighted by atomic mass is 16.5. The fourth-order valence-corrected chi connectivity index (χ4v) is 8.84. The van der Waals surface area contributed by atoms with Crippen LogP contribution in [0.1, 0.15) is 0 Å². The standard InChI is InChI=1S/C50H28N4O3/c1-2-9-29(10-3-1)30-18-20-31(21-19-30)35-28-46(52-37-12-8-24-51-47(35)37)53-38-13-5-4-11-34(38)36-25-32(22-23-39(36)53)33-26-44-50-45(27-33)57-43-17-7-15-41-49(43)54(50)48-40(55-41)14-6-16-42(48)56-44/h1-28H. The lowest BCUT2D eigenvalue weighted by Gasteiger charge is -2.41. The Morgan fingerprint density at radius 3 is 1.74 bits per heavy atom. The Balaban J connectivity index is 0.967. The van der Waals surface area contributed by atoms with Crippen LogP contribution in [0.25, 0.3) is 72.0 Å². The number of aromatic nitrogens is 3. The Bertz CT molecular complexity index is 3260. The van der Waals surface area contributed by atoms with E-state index in [4.69, 9.17) is 24.2 Å². The number of pyridine rings is 2. The van der Waals surface area contributed by atoms with Crippen LogP contribution < -0.4 is 19.1 Å². The predicted molar refractivity (Wildman–Crippen MR) is 225 cm³/mol. The molecule has 7 nitrogen and oxygen atoms in total. The second kappa shape index (κ2) is 11.3. The second-order valence-corrected chi connectivity index (χ2v) is 14.6. The maximum Gasteiger partial charge on any atom is 0.156 e. The van der Waals surface area contributed by atoms with Gasteiger partial charge in [0.1, 0.15) is 22.9 Å². The summed E-state index contributed by atoms with van der Waals surface area (Å²) >= 11 is 0. The molecule has 0 bridgehead atoms. The summed E-state index contributed by atoms with van der Waals surface area (Å²) in [6, 6.07) is 56.7. The number of hydrogen-bond donors (Lipinski definition) is 0. The highest BCUT2D eigenvalue weighted by molar-refractivity contribution is 6.11. The van der Waals surface area contributed by atoms with Gasteiger partial charge >= 0.3 is 0 Å². The van der Waals surface area contributed by atoms with Gasteiger partial charge in [-0.3, -0.25) is 14.5 Å². The van der Waals surface area contributed by atoms with Crippen molar-refractivity contribution in [2.75, 3.05) is 4.90 Å². The summed E-state index contributed by atoms with van der Waals surface area (Å²) in [5, 5.41) is 2.26. The maximum absolute atomic E-state index is 6.62. The number of benzene rings is 7. The second-order valence-electron chi connectivity index (χ2n) is 14.6. The molecule has 7 aromatic carbocycles. The monoisotopic (exact) mass is 732 g/mol. The van der Waals surface area contributed by atoms with E-state index >= 15 is 0 Å². The molecule has 3 aliphatic rings. The molecule has 0 atom stereocenters. The van der Waals surface area contributed by atoms with Crippen LogP contribution in [-0.4, -0.2) is 14.5 Å². The van der Waals surface area contributed by atoms with Crippen molar-refractivity contribution in [3.05, 3.63) is 170 Å². The topological polar surface area (TPSA) is 61.6 Å². The van der Waals surface area contributed by atoms with Crippen LogP contribution in [0, 0.1) is 0 Å². The van der Waals surface area contributed by atoms with Gasteiger partial charge in [0, 0.05) is 22.5 Å². The van der Waals surface area contributed by atoms with Crippen LogP contribution in [0.4, 0.5) is 17.1 Å². The van der Waals surface area contributed by atoms with Crippen molar-refractivity contribution in [1.82, 2.24) is 14.5 Å². The van der Waals surface area contributed by atoms with Crippen molar-refractivity contribution in [2.24, 2.45) is 0 Å². The molecule has 0 radical (unpaired) electrons. The molecule has 0 saturated carbocycles. The first-order valence-corrected chi connectivity index (χ1v) is 19.0. The van der Waals surface area contributed by atoms with Gasteiger partial charge in [-0.1, -0.05) is 91.0 Å². The Morgan fingerprint density at radius 2 is 1.00 bits per heavy atom. The smallest absolute Gasteiger partial charge is 0.156 e. The Kier molecular flexibility index (Phi) is 6.04. The number of nitrogens with zero attached hydrogens (tertiary/aromatic N) is 4. The van der Waals surface area contributed by atoms with Crippen LogP contribution >= 0.6 is 0 Å². The summed E-state index contributed by atoms with van der Waals surface area (Å²) in [5.74, 6) is 5.30. The Hall–Kier alpha value is -7.90. The van der Waals surface area contributed by atoms with Crippen LogP contribution in [0.15, 0.2) is 170 Å². The third kappa shape index (κ3) is 4.36. The van der Waals surface area contributed by atoms with Crippen LogP contribution in [0.2, 0.25) is 0 Å². The van der Waals surface area contributed by atoms with Gasteiger partial charge in [0.05, 0.1) is 22.1 Å². The van der Waals surface area contributed by atoms with E-state index in [2.05, 4.69) is 119 Å². The molecular formula is C50H28N4O3. The normalized spacial score (nSPS) is 12.9. The van der Waals surface area contributed by atoms with Gasteiger partial charge in [0.2, 0.25) is 0 Å². The molecule has 0 saturated heterocycles. The van der Waals surface area contributed by atoms with Gasteiger partial charge in [0.15, 0.2) is 34.5 Å². The average Bonchev–Trinajstić information content (AvgIpc) is 3.60. The van der Waals surface area contributed by atoms with E-state index in [1.807, 2.05) is 60.8 Å². The molecule has 57 heavy (non-hydrogen) atoms. The number of fused-ring (bicyclic) bond motifs is 4. The summed E-state index contributed by atoms with van der Waals surface area (Å²) in [6.07, 6.45) is 1.84. The van der Waals surface area contributed by atoms with Crippen molar-refractivity contribution in [2.45, 2.75) is 0 Å². The molecule has 0 unspecified atom stereocenters. The van der Waals surface area contributed by atoms with Gasteiger partial charge in [-0.25, -0.2) is 4.98 Å². The first kappa shape index (κ1) is 30.4. The molecule has 10 aromatic rings. The average molecular weight is 733 g/mol. The van der Waals surface area contributed by atoms with Crippen molar-refractivity contribution in [1.29, 1.82) is 0 Å². The van der Waals surface area contributed by atoms with Gasteiger partial charge in [-0.05, 0) is 101 Å². The molecule has 13 rings (SSSR count). The number of para-hydroxylation sites is 3. The lowest BCUT2D eigenvalue weighted by Crippen LogP contribution is -2.23. The van der Waals surface area contributed by atoms with Crippen molar-refractivity contribution in [3.63, 3.8) is 0 Å². The predicted octanol–water partition coefficient (Wildman–Crippen LogP) is 13.5. The molecule has 6 heterocycles. The molecule has 3 aliphatic heterocycles. The number of anilines is 3. The fourth-order valence-electron chi connectivity index (χ4n) is 8.84. The quantitative estimate of drug-likeness (QED) is 0.180. The lowest BCUT2D eigenvalue weighted by molar-refractivity contribution is 0.418. The number of ether oxygens (including phenoxy) is 3. The van der Waals surface area contributed by atoms with Gasteiger partial charge in [-0.15, -0.1) is 0 Å². The van der Waals surface area contributed by atoms with E-state index in [9.17, 15) is 0 Å². The van der Waals surface area contributed by atoms with Crippen molar-refractivity contribution < 1.29 is 14.2 Å². The molecule has 0 N–H and O–H groups in total. The third-order valence-electron chi connectivity index (χ3n) is 11.4. The first-order chi connectivity index (χ1) is 28.2. The van der Waals surface area contributed by atoms with Gasteiger partial charge < -0.3 is 14.2 Å². The highest BCUT2D eigenvalue weighted by Gasteiger charge is 2.41. The zero-order valence-electron chi connectivity index (χ0n) is 30.2. The van der Waals surface area contributed by atoms with E-state index in [0.717, 1.165) is 112 Å². The molecule has 0 amide bonds. The van der Waals surface area contributed by atoms with Crippen LogP contribution in [0.5, 0.6) is 34.5 Å². The Morgan fingerprint density at radius 1 is 0.404 bits per heavy atom. The zero-order chi connectivity index (χ0) is 37.2. The molecule has 3 aromatic heterocycles. The highest BCUT2D eigenvalue weighted by Crippen LogP contribution is 2.67. The molecule has 0 aliphatic carbocycles. The van der Waals surface area contributed by atoms with E-state index < -0.39 is 0 Å².